The molecule has 1 aliphatic heterocycles. The van der Waals surface area contributed by atoms with Gasteiger partial charge in [-0.2, -0.15) is 0 Å². The minimum Gasteiger partial charge on any atom is -0.398 e. The van der Waals surface area contributed by atoms with Crippen molar-refractivity contribution in [1.82, 2.24) is 4.90 Å². The van der Waals surface area contributed by atoms with E-state index in [1.54, 1.807) is 0 Å². The van der Waals surface area contributed by atoms with Gasteiger partial charge in [0.1, 0.15) is 0 Å². The molecule has 0 radical (unpaired) electrons. The van der Waals surface area contributed by atoms with E-state index in [0.717, 1.165) is 50.0 Å². The molecule has 1 amide bonds. The molecule has 0 bridgehead atoms. The van der Waals surface area contributed by atoms with Crippen molar-refractivity contribution in [3.63, 3.8) is 0 Å². The molecular formula is C17H23N3O. The lowest BCUT2D eigenvalue weighted by Gasteiger charge is -2.33. The van der Waals surface area contributed by atoms with Crippen LogP contribution in [-0.2, 0) is 11.2 Å². The Balaban J connectivity index is 1.74. The summed E-state index contributed by atoms with van der Waals surface area (Å²) in [6, 6.07) is 5.99. The van der Waals surface area contributed by atoms with E-state index in [0.29, 0.717) is 6.54 Å². The van der Waals surface area contributed by atoms with Gasteiger partial charge in [-0.3, -0.25) is 4.79 Å². The van der Waals surface area contributed by atoms with E-state index in [9.17, 15) is 4.79 Å². The van der Waals surface area contributed by atoms with Crippen molar-refractivity contribution < 1.29 is 4.79 Å². The average molecular weight is 285 g/mol. The monoisotopic (exact) mass is 285 g/mol. The lowest BCUT2D eigenvalue weighted by atomic mass is 10.00. The SMILES string of the molecule is CN(C(=O)CN1CCCc2c(N)cccc21)C1=CCCC1. The Morgan fingerprint density at radius 3 is 2.95 bits per heavy atom. The highest BCUT2D eigenvalue weighted by Crippen LogP contribution is 2.31. The predicted octanol–water partition coefficient (Wildman–Crippen LogP) is 2.55. The highest BCUT2D eigenvalue weighted by atomic mass is 16.2. The quantitative estimate of drug-likeness (QED) is 0.868. The Bertz CT molecular complexity index is 579. The van der Waals surface area contributed by atoms with Crippen LogP contribution in [0.15, 0.2) is 30.0 Å². The molecule has 0 atom stereocenters. The number of hydrogen-bond donors (Lipinski definition) is 1. The predicted molar refractivity (Wildman–Crippen MR) is 86.1 cm³/mol. The van der Waals surface area contributed by atoms with Gasteiger partial charge in [0, 0.05) is 30.7 Å². The second-order valence-electron chi connectivity index (χ2n) is 5.91. The summed E-state index contributed by atoms with van der Waals surface area (Å²) in [7, 11) is 1.89. The Morgan fingerprint density at radius 1 is 1.33 bits per heavy atom. The lowest BCUT2D eigenvalue weighted by molar-refractivity contribution is -0.126. The number of allylic oxidation sites excluding steroid dienone is 2. The van der Waals surface area contributed by atoms with Crippen LogP contribution in [0.3, 0.4) is 0 Å². The highest BCUT2D eigenvalue weighted by molar-refractivity contribution is 5.84. The maximum Gasteiger partial charge on any atom is 0.245 e. The fourth-order valence-corrected chi connectivity index (χ4v) is 3.28. The molecule has 1 aliphatic carbocycles. The molecule has 4 nitrogen and oxygen atoms in total. The van der Waals surface area contributed by atoms with Gasteiger partial charge >= 0.3 is 0 Å². The Labute approximate surface area is 126 Å². The molecular weight excluding hydrogens is 262 g/mol. The first-order valence-corrected chi connectivity index (χ1v) is 7.74. The van der Waals surface area contributed by atoms with Gasteiger partial charge in [0.05, 0.1) is 6.54 Å². The fourth-order valence-electron chi connectivity index (χ4n) is 3.28. The van der Waals surface area contributed by atoms with Crippen molar-refractivity contribution in [3.05, 3.63) is 35.5 Å². The molecule has 0 fully saturated rings. The highest BCUT2D eigenvalue weighted by Gasteiger charge is 2.23. The molecule has 2 aliphatic rings. The summed E-state index contributed by atoms with van der Waals surface area (Å²) < 4.78 is 0. The number of nitrogens with two attached hydrogens (primary N) is 1. The van der Waals surface area contributed by atoms with Crippen LogP contribution >= 0.6 is 0 Å². The molecule has 112 valence electrons. The van der Waals surface area contributed by atoms with Crippen LogP contribution in [0.25, 0.3) is 0 Å². The zero-order chi connectivity index (χ0) is 14.8. The van der Waals surface area contributed by atoms with E-state index in [4.69, 9.17) is 5.73 Å². The summed E-state index contributed by atoms with van der Waals surface area (Å²) in [6.45, 7) is 1.36. The largest absolute Gasteiger partial charge is 0.398 e. The smallest absolute Gasteiger partial charge is 0.245 e. The Kier molecular flexibility index (Phi) is 3.86. The van der Waals surface area contributed by atoms with Crippen molar-refractivity contribution in [2.24, 2.45) is 0 Å². The van der Waals surface area contributed by atoms with Gasteiger partial charge in [0.15, 0.2) is 0 Å². The number of nitrogens with zero attached hydrogens (tertiary/aromatic N) is 2. The van der Waals surface area contributed by atoms with Gasteiger partial charge in [0.25, 0.3) is 0 Å². The lowest BCUT2D eigenvalue weighted by Crippen LogP contribution is -2.40. The van der Waals surface area contributed by atoms with Gasteiger partial charge in [-0.15, -0.1) is 0 Å². The van der Waals surface area contributed by atoms with Crippen molar-refractivity contribution in [1.29, 1.82) is 0 Å². The molecule has 0 unspecified atom stereocenters. The van der Waals surface area contributed by atoms with Crippen LogP contribution in [0, 0.1) is 0 Å². The fraction of sp³-hybridized carbons (Fsp3) is 0.471. The number of rotatable bonds is 3. The van der Waals surface area contributed by atoms with Crippen LogP contribution in [0.1, 0.15) is 31.2 Å². The minimum absolute atomic E-state index is 0.165. The molecule has 4 heteroatoms. The zero-order valence-corrected chi connectivity index (χ0v) is 12.6. The van der Waals surface area contributed by atoms with Gasteiger partial charge < -0.3 is 15.5 Å². The maximum absolute atomic E-state index is 12.5. The van der Waals surface area contributed by atoms with Gasteiger partial charge in [0.2, 0.25) is 5.91 Å². The van der Waals surface area contributed by atoms with E-state index in [1.165, 1.54) is 11.3 Å². The average Bonchev–Trinajstić information content (AvgIpc) is 3.02. The first kappa shape index (κ1) is 14.0. The van der Waals surface area contributed by atoms with E-state index >= 15 is 0 Å². The van der Waals surface area contributed by atoms with Crippen LogP contribution in [0.5, 0.6) is 0 Å². The van der Waals surface area contributed by atoms with Gasteiger partial charge in [-0.05, 0) is 49.8 Å². The zero-order valence-electron chi connectivity index (χ0n) is 12.6. The number of benzene rings is 1. The van der Waals surface area contributed by atoms with Gasteiger partial charge in [-0.25, -0.2) is 0 Å². The summed E-state index contributed by atoms with van der Waals surface area (Å²) >= 11 is 0. The maximum atomic E-state index is 12.5. The number of anilines is 2. The van der Waals surface area contributed by atoms with Crippen LogP contribution in [0.2, 0.25) is 0 Å². The van der Waals surface area contributed by atoms with Crippen molar-refractivity contribution >= 4 is 17.3 Å². The number of amides is 1. The summed E-state index contributed by atoms with van der Waals surface area (Å²) in [4.78, 5) is 16.5. The molecule has 1 aromatic rings. The number of fused-ring (bicyclic) bond motifs is 1. The molecule has 0 aromatic heterocycles. The van der Waals surface area contributed by atoms with E-state index in [2.05, 4.69) is 17.0 Å². The van der Waals surface area contributed by atoms with Crippen LogP contribution in [0.4, 0.5) is 11.4 Å². The molecule has 2 N–H and O–H groups in total. The van der Waals surface area contributed by atoms with E-state index in [-0.39, 0.29) is 5.91 Å². The third kappa shape index (κ3) is 2.75. The second kappa shape index (κ2) is 5.80. The number of carbonyl (C=O) groups is 1. The van der Waals surface area contributed by atoms with Crippen molar-refractivity contribution in [2.75, 3.05) is 30.8 Å². The number of likely N-dealkylation sites (N-methyl/N-ethyl adjacent to an activating group) is 1. The van der Waals surface area contributed by atoms with Crippen LogP contribution in [-0.4, -0.2) is 30.9 Å². The second-order valence-corrected chi connectivity index (χ2v) is 5.91. The summed E-state index contributed by atoms with van der Waals surface area (Å²) in [5.41, 5.74) is 10.4. The Hall–Kier alpha value is -1.97. The van der Waals surface area contributed by atoms with Crippen molar-refractivity contribution in [3.8, 4) is 0 Å². The summed E-state index contributed by atoms with van der Waals surface area (Å²) in [5, 5.41) is 0. The Morgan fingerprint density at radius 2 is 2.19 bits per heavy atom. The molecule has 0 spiro atoms. The third-order valence-corrected chi connectivity index (χ3v) is 4.53. The molecule has 0 saturated heterocycles. The first-order chi connectivity index (χ1) is 10.2. The van der Waals surface area contributed by atoms with E-state index in [1.807, 2.05) is 24.1 Å². The normalized spacial score (nSPS) is 17.4. The van der Waals surface area contributed by atoms with Crippen molar-refractivity contribution in [2.45, 2.75) is 32.1 Å². The number of carbonyl (C=O) groups excluding carboxylic acids is 1. The summed E-state index contributed by atoms with van der Waals surface area (Å²) in [5.74, 6) is 0.165. The molecule has 1 aromatic carbocycles. The van der Waals surface area contributed by atoms with Gasteiger partial charge in [-0.1, -0.05) is 12.1 Å². The molecule has 1 heterocycles. The molecule has 3 rings (SSSR count). The van der Waals surface area contributed by atoms with E-state index < -0.39 is 0 Å². The molecule has 21 heavy (non-hydrogen) atoms. The standard InChI is InChI=1S/C17H23N3O/c1-19(13-6-2-3-7-13)17(21)12-20-11-5-8-14-15(18)9-4-10-16(14)20/h4,6,9-10H,2-3,5,7-8,11-12,18H2,1H3. The first-order valence-electron chi connectivity index (χ1n) is 7.74. The summed E-state index contributed by atoms with van der Waals surface area (Å²) in [6.07, 6.45) is 7.52. The topological polar surface area (TPSA) is 49.6 Å². The number of hydrogen-bond acceptors (Lipinski definition) is 3. The molecule has 0 saturated carbocycles. The minimum atomic E-state index is 0.165. The third-order valence-electron chi connectivity index (χ3n) is 4.53. The van der Waals surface area contributed by atoms with Crippen LogP contribution < -0.4 is 10.6 Å². The number of nitrogen functional groups attached to an aromatic ring is 1.